The highest BCUT2D eigenvalue weighted by atomic mass is 35.5. The third-order valence-electron chi connectivity index (χ3n) is 3.19. The zero-order valence-electron chi connectivity index (χ0n) is 10.5. The average Bonchev–Trinajstić information content (AvgIpc) is 2.82. The van der Waals surface area contributed by atoms with E-state index in [1.807, 2.05) is 0 Å². The molecule has 20 heavy (non-hydrogen) atoms. The Morgan fingerprint density at radius 3 is 2.70 bits per heavy atom. The Bertz CT molecular complexity index is 552. The molecule has 1 aliphatic heterocycles. The molecule has 1 aromatic rings. The van der Waals surface area contributed by atoms with Crippen molar-refractivity contribution < 1.29 is 19.4 Å². The van der Waals surface area contributed by atoms with Crippen molar-refractivity contribution in [1.29, 1.82) is 0 Å². The van der Waals surface area contributed by atoms with E-state index in [0.29, 0.717) is 0 Å². The molecule has 0 aromatic carbocycles. The van der Waals surface area contributed by atoms with Crippen LogP contribution in [-0.2, 0) is 9.53 Å². The van der Waals surface area contributed by atoms with Gasteiger partial charge in [0, 0.05) is 20.1 Å². The number of likely N-dealkylation sites (tertiary alicyclic amines) is 1. The molecular formula is C12H12Cl2N2O4. The molecule has 1 saturated heterocycles. The number of aliphatic carboxylic acids is 1. The Kier molecular flexibility index (Phi) is 4.47. The smallest absolute Gasteiger partial charge is 0.326 e. The number of methoxy groups -OCH3 is 1. The monoisotopic (exact) mass is 318 g/mol. The van der Waals surface area contributed by atoms with Crippen molar-refractivity contribution in [2.75, 3.05) is 13.7 Å². The Hall–Kier alpha value is -1.37. The number of halogens is 2. The van der Waals surface area contributed by atoms with Crippen LogP contribution in [0.25, 0.3) is 0 Å². The normalized spacial score (nSPS) is 22.1. The van der Waals surface area contributed by atoms with Gasteiger partial charge in [-0.3, -0.25) is 4.79 Å². The van der Waals surface area contributed by atoms with E-state index in [1.54, 1.807) is 0 Å². The molecule has 1 amide bonds. The molecule has 1 fully saturated rings. The molecule has 0 aliphatic carbocycles. The summed E-state index contributed by atoms with van der Waals surface area (Å²) in [6.07, 6.45) is -0.0602. The summed E-state index contributed by atoms with van der Waals surface area (Å²) in [5.41, 5.74) is 0.124. The van der Waals surface area contributed by atoms with Gasteiger partial charge in [-0.2, -0.15) is 0 Å². The largest absolute Gasteiger partial charge is 0.480 e. The van der Waals surface area contributed by atoms with Gasteiger partial charge >= 0.3 is 5.97 Å². The van der Waals surface area contributed by atoms with E-state index in [-0.39, 0.29) is 34.9 Å². The number of rotatable bonds is 3. The number of hydrogen-bond donors (Lipinski definition) is 1. The highest BCUT2D eigenvalue weighted by Gasteiger charge is 2.40. The summed E-state index contributed by atoms with van der Waals surface area (Å²) in [5, 5.41) is 9.30. The van der Waals surface area contributed by atoms with Crippen molar-refractivity contribution >= 4 is 35.1 Å². The zero-order valence-corrected chi connectivity index (χ0v) is 12.1. The van der Waals surface area contributed by atoms with Gasteiger partial charge in [0.05, 0.1) is 11.7 Å². The maximum absolute atomic E-state index is 12.4. The first-order valence-corrected chi connectivity index (χ1v) is 6.58. The van der Waals surface area contributed by atoms with Crippen LogP contribution in [-0.4, -0.2) is 52.7 Å². The van der Waals surface area contributed by atoms with E-state index < -0.39 is 17.9 Å². The van der Waals surface area contributed by atoms with E-state index in [0.717, 1.165) is 0 Å². The molecule has 2 heterocycles. The molecular weight excluding hydrogens is 307 g/mol. The summed E-state index contributed by atoms with van der Waals surface area (Å²) in [6, 6.07) is 1.93. The van der Waals surface area contributed by atoms with Gasteiger partial charge in [-0.1, -0.05) is 23.2 Å². The van der Waals surface area contributed by atoms with E-state index in [1.165, 1.54) is 24.1 Å². The van der Waals surface area contributed by atoms with Gasteiger partial charge in [0.25, 0.3) is 5.91 Å². The summed E-state index contributed by atoms with van der Waals surface area (Å²) in [7, 11) is 1.48. The fourth-order valence-electron chi connectivity index (χ4n) is 2.15. The quantitative estimate of drug-likeness (QED) is 0.858. The number of ether oxygens (including phenoxy) is 1. The van der Waals surface area contributed by atoms with Crippen LogP contribution in [0.3, 0.4) is 0 Å². The second-order valence-electron chi connectivity index (χ2n) is 4.38. The van der Waals surface area contributed by atoms with Crippen LogP contribution in [0.1, 0.15) is 16.8 Å². The van der Waals surface area contributed by atoms with Crippen LogP contribution in [0.2, 0.25) is 10.3 Å². The number of carboxylic acids is 1. The second kappa shape index (κ2) is 5.95. The Labute approximate surface area is 125 Å². The number of hydrogen-bond acceptors (Lipinski definition) is 4. The molecule has 1 N–H and O–H groups in total. The number of amides is 1. The Balaban J connectivity index is 2.29. The standard InChI is InChI=1S/C12H12Cl2N2O4/c1-20-6-4-8(12(18)19)16(5-6)11(17)7-2-3-9(13)15-10(7)14/h2-3,6,8H,4-5H2,1H3,(H,18,19). The molecule has 0 spiro atoms. The van der Waals surface area contributed by atoms with Crippen LogP contribution in [0, 0.1) is 0 Å². The van der Waals surface area contributed by atoms with Crippen LogP contribution >= 0.6 is 23.2 Å². The average molecular weight is 319 g/mol. The Morgan fingerprint density at radius 2 is 2.15 bits per heavy atom. The maximum atomic E-state index is 12.4. The third kappa shape index (κ3) is 2.87. The third-order valence-corrected chi connectivity index (χ3v) is 3.69. The van der Waals surface area contributed by atoms with Gasteiger partial charge < -0.3 is 14.7 Å². The van der Waals surface area contributed by atoms with Crippen molar-refractivity contribution in [3.8, 4) is 0 Å². The molecule has 0 saturated carbocycles. The van der Waals surface area contributed by atoms with Crippen LogP contribution in [0.15, 0.2) is 12.1 Å². The van der Waals surface area contributed by atoms with E-state index in [9.17, 15) is 14.7 Å². The maximum Gasteiger partial charge on any atom is 0.326 e. The van der Waals surface area contributed by atoms with Crippen molar-refractivity contribution in [3.63, 3.8) is 0 Å². The molecule has 0 radical (unpaired) electrons. The van der Waals surface area contributed by atoms with E-state index in [4.69, 9.17) is 27.9 Å². The SMILES string of the molecule is COC1CC(C(=O)O)N(C(=O)c2ccc(Cl)nc2Cl)C1. The number of carboxylic acid groups (broad SMARTS) is 1. The molecule has 2 rings (SSSR count). The summed E-state index contributed by atoms with van der Waals surface area (Å²) in [4.78, 5) is 28.6. The molecule has 108 valence electrons. The second-order valence-corrected chi connectivity index (χ2v) is 5.12. The van der Waals surface area contributed by atoms with Crippen molar-refractivity contribution in [2.24, 2.45) is 0 Å². The van der Waals surface area contributed by atoms with Crippen molar-refractivity contribution in [3.05, 3.63) is 28.0 Å². The first-order chi connectivity index (χ1) is 9.43. The first kappa shape index (κ1) is 15.0. The van der Waals surface area contributed by atoms with Crippen LogP contribution < -0.4 is 0 Å². The summed E-state index contributed by atoms with van der Waals surface area (Å²) < 4.78 is 5.13. The number of carbonyl (C=O) groups is 2. The van der Waals surface area contributed by atoms with E-state index in [2.05, 4.69) is 4.98 Å². The highest BCUT2D eigenvalue weighted by Crippen LogP contribution is 2.25. The van der Waals surface area contributed by atoms with Gasteiger partial charge in [0.2, 0.25) is 0 Å². The number of nitrogens with zero attached hydrogens (tertiary/aromatic N) is 2. The number of pyridine rings is 1. The van der Waals surface area contributed by atoms with Gasteiger partial charge in [-0.25, -0.2) is 9.78 Å². The first-order valence-electron chi connectivity index (χ1n) is 5.82. The van der Waals surface area contributed by atoms with Crippen molar-refractivity contribution in [2.45, 2.75) is 18.6 Å². The number of aromatic nitrogens is 1. The molecule has 0 bridgehead atoms. The topological polar surface area (TPSA) is 79.7 Å². The molecule has 6 nitrogen and oxygen atoms in total. The minimum atomic E-state index is -1.07. The van der Waals surface area contributed by atoms with Gasteiger partial charge in [0.15, 0.2) is 0 Å². The summed E-state index contributed by atoms with van der Waals surface area (Å²) in [6.45, 7) is 0.200. The van der Waals surface area contributed by atoms with Crippen LogP contribution in [0.4, 0.5) is 0 Å². The highest BCUT2D eigenvalue weighted by molar-refractivity contribution is 6.34. The van der Waals surface area contributed by atoms with Gasteiger partial charge in [-0.05, 0) is 12.1 Å². The van der Waals surface area contributed by atoms with Crippen LogP contribution in [0.5, 0.6) is 0 Å². The summed E-state index contributed by atoms with van der Waals surface area (Å²) in [5.74, 6) is -1.57. The fourth-order valence-corrected chi connectivity index (χ4v) is 2.58. The van der Waals surface area contributed by atoms with Gasteiger partial charge in [-0.15, -0.1) is 0 Å². The molecule has 2 atom stereocenters. The van der Waals surface area contributed by atoms with Crippen molar-refractivity contribution in [1.82, 2.24) is 9.88 Å². The predicted molar refractivity (Wildman–Crippen MR) is 72.1 cm³/mol. The minimum absolute atomic E-state index is 0.0486. The molecule has 8 heteroatoms. The minimum Gasteiger partial charge on any atom is -0.480 e. The predicted octanol–water partition coefficient (Wildman–Crippen LogP) is 1.70. The number of carbonyl (C=O) groups excluding carboxylic acids is 1. The zero-order chi connectivity index (χ0) is 14.9. The fraction of sp³-hybridized carbons (Fsp3) is 0.417. The lowest BCUT2D eigenvalue weighted by Gasteiger charge is -2.21. The molecule has 1 aliphatic rings. The lowest BCUT2D eigenvalue weighted by molar-refractivity contribution is -0.141. The van der Waals surface area contributed by atoms with E-state index >= 15 is 0 Å². The molecule has 2 unspecified atom stereocenters. The lowest BCUT2D eigenvalue weighted by Crippen LogP contribution is -2.40. The molecule has 1 aromatic heterocycles. The lowest BCUT2D eigenvalue weighted by atomic mass is 10.2. The summed E-state index contributed by atoms with van der Waals surface area (Å²) >= 11 is 11.6. The Morgan fingerprint density at radius 1 is 1.45 bits per heavy atom. The van der Waals surface area contributed by atoms with Gasteiger partial charge in [0.1, 0.15) is 16.3 Å².